The lowest BCUT2D eigenvalue weighted by Gasteiger charge is -2.40. The lowest BCUT2D eigenvalue weighted by Crippen LogP contribution is -2.43. The predicted molar refractivity (Wildman–Crippen MR) is 145 cm³/mol. The topological polar surface area (TPSA) is 89.9 Å². The van der Waals surface area contributed by atoms with Gasteiger partial charge in [-0.2, -0.15) is 0 Å². The van der Waals surface area contributed by atoms with Gasteiger partial charge in [0.25, 0.3) is 0 Å². The van der Waals surface area contributed by atoms with E-state index in [2.05, 4.69) is 0 Å². The van der Waals surface area contributed by atoms with Crippen molar-refractivity contribution in [1.82, 2.24) is 0 Å². The van der Waals surface area contributed by atoms with Crippen molar-refractivity contribution in [1.29, 1.82) is 0 Å². The number of unbranched alkanes of at least 4 members (excludes halogenated alkanes) is 3. The van der Waals surface area contributed by atoms with Crippen molar-refractivity contribution in [2.45, 2.75) is 55.1 Å². The van der Waals surface area contributed by atoms with Crippen molar-refractivity contribution >= 4 is 15.8 Å². The van der Waals surface area contributed by atoms with Crippen LogP contribution in [0.15, 0.2) is 83.8 Å². The van der Waals surface area contributed by atoms with E-state index >= 15 is 0 Å². The second kappa shape index (κ2) is 12.8. The van der Waals surface area contributed by atoms with Gasteiger partial charge in [0, 0.05) is 12.5 Å². The monoisotopic (exact) mass is 524 g/mol. The molecule has 1 N–H and O–H groups in total. The summed E-state index contributed by atoms with van der Waals surface area (Å²) in [6.45, 7) is 2.00. The van der Waals surface area contributed by atoms with Crippen LogP contribution in [0.1, 0.15) is 56.6 Å². The first-order valence-electron chi connectivity index (χ1n) is 12.6. The number of methoxy groups -OCH3 is 2. The van der Waals surface area contributed by atoms with Crippen molar-refractivity contribution in [2.24, 2.45) is 5.92 Å². The first-order chi connectivity index (χ1) is 17.8. The molecule has 0 saturated heterocycles. The molecule has 6 nitrogen and oxygen atoms in total. The normalized spacial score (nSPS) is 12.6. The highest BCUT2D eigenvalue weighted by atomic mass is 32.2. The summed E-state index contributed by atoms with van der Waals surface area (Å²) in [6, 6.07) is 23.5. The molecule has 0 radical (unpaired) electrons. The molecule has 0 fully saturated rings. The molecule has 0 aromatic heterocycles. The van der Waals surface area contributed by atoms with E-state index in [9.17, 15) is 13.2 Å². The Balaban J connectivity index is 2.14. The van der Waals surface area contributed by atoms with Gasteiger partial charge in [-0.05, 0) is 42.0 Å². The molecule has 0 amide bonds. The molecule has 0 bridgehead atoms. The smallest absolute Gasteiger partial charge is 0.303 e. The molecule has 3 rings (SSSR count). The molecule has 0 aliphatic heterocycles. The van der Waals surface area contributed by atoms with Crippen LogP contribution in [-0.2, 0) is 19.4 Å². The Morgan fingerprint density at radius 1 is 0.811 bits per heavy atom. The Morgan fingerprint density at radius 3 is 1.86 bits per heavy atom. The Labute approximate surface area is 220 Å². The zero-order valence-corrected chi connectivity index (χ0v) is 22.5. The van der Waals surface area contributed by atoms with Crippen molar-refractivity contribution in [3.63, 3.8) is 0 Å². The highest BCUT2D eigenvalue weighted by Gasteiger charge is 2.51. The molecular weight excluding hydrogens is 488 g/mol. The molecule has 1 unspecified atom stereocenters. The van der Waals surface area contributed by atoms with Crippen LogP contribution in [0.3, 0.4) is 0 Å². The number of carbonyl (C=O) groups is 1. The second-order valence-corrected chi connectivity index (χ2v) is 11.4. The zero-order chi connectivity index (χ0) is 26.9. The molecule has 37 heavy (non-hydrogen) atoms. The third kappa shape index (κ3) is 5.99. The molecule has 3 aromatic carbocycles. The quantitative estimate of drug-likeness (QED) is 0.243. The highest BCUT2D eigenvalue weighted by Crippen LogP contribution is 2.49. The summed E-state index contributed by atoms with van der Waals surface area (Å²) in [6.07, 6.45) is 3.86. The molecule has 1 atom stereocenters. The van der Waals surface area contributed by atoms with E-state index in [4.69, 9.17) is 14.6 Å². The van der Waals surface area contributed by atoms with Crippen LogP contribution < -0.4 is 9.47 Å². The van der Waals surface area contributed by atoms with E-state index in [1.54, 1.807) is 12.1 Å². The van der Waals surface area contributed by atoms with E-state index in [0.29, 0.717) is 35.5 Å². The largest absolute Gasteiger partial charge is 0.493 e. The van der Waals surface area contributed by atoms with Gasteiger partial charge in [-0.1, -0.05) is 86.8 Å². The van der Waals surface area contributed by atoms with Crippen LogP contribution in [0.5, 0.6) is 11.5 Å². The number of carboxylic acid groups (broad SMARTS) is 1. The standard InChI is InChI=1S/C30H36O6S/c1-23(14-8-4-5-13-19-29(31)32)30(24-15-9-6-10-16-24,25-17-11-7-12-18-25)37(33,34)26-20-21-27(35-2)28(22-26)36-3/h6-7,9-12,15-18,20-23H,4-5,8,13-14,19H2,1-3H3,(H,31,32). The van der Waals surface area contributed by atoms with Gasteiger partial charge in [0.05, 0.1) is 19.1 Å². The molecule has 198 valence electrons. The fourth-order valence-electron chi connectivity index (χ4n) is 5.14. The predicted octanol–water partition coefficient (Wildman–Crippen LogP) is 6.48. The van der Waals surface area contributed by atoms with Gasteiger partial charge in [0.15, 0.2) is 21.3 Å². The van der Waals surface area contributed by atoms with Gasteiger partial charge < -0.3 is 14.6 Å². The summed E-state index contributed by atoms with van der Waals surface area (Å²) in [4.78, 5) is 11.0. The van der Waals surface area contributed by atoms with Gasteiger partial charge in [0.2, 0.25) is 0 Å². The number of carboxylic acids is 1. The second-order valence-electron chi connectivity index (χ2n) is 9.24. The van der Waals surface area contributed by atoms with E-state index in [-0.39, 0.29) is 17.2 Å². The van der Waals surface area contributed by atoms with Gasteiger partial charge in [-0.25, -0.2) is 8.42 Å². The fraction of sp³-hybridized carbons (Fsp3) is 0.367. The molecule has 3 aromatic rings. The molecule has 0 aliphatic carbocycles. The SMILES string of the molecule is COc1ccc(S(=O)(=O)C(c2ccccc2)(c2ccccc2)C(C)CCCCCCC(=O)O)cc1OC. The van der Waals surface area contributed by atoms with Crippen LogP contribution in [0.4, 0.5) is 0 Å². The molecule has 7 heteroatoms. The minimum Gasteiger partial charge on any atom is -0.493 e. The summed E-state index contributed by atoms with van der Waals surface area (Å²) in [5.41, 5.74) is 1.41. The maximum Gasteiger partial charge on any atom is 0.303 e. The number of benzene rings is 3. The number of aliphatic carboxylic acids is 1. The van der Waals surface area contributed by atoms with Crippen LogP contribution in [-0.4, -0.2) is 33.7 Å². The minimum absolute atomic E-state index is 0.154. The van der Waals surface area contributed by atoms with Crippen LogP contribution >= 0.6 is 0 Å². The lowest BCUT2D eigenvalue weighted by atomic mass is 9.78. The summed E-state index contributed by atoms with van der Waals surface area (Å²) >= 11 is 0. The summed E-state index contributed by atoms with van der Waals surface area (Å²) in [5, 5.41) is 8.90. The van der Waals surface area contributed by atoms with Gasteiger partial charge in [-0.3, -0.25) is 4.79 Å². The number of hydrogen-bond donors (Lipinski definition) is 1. The van der Waals surface area contributed by atoms with Gasteiger partial charge in [0.1, 0.15) is 4.75 Å². The fourth-order valence-corrected chi connectivity index (χ4v) is 7.56. The first-order valence-corrected chi connectivity index (χ1v) is 14.1. The average molecular weight is 525 g/mol. The summed E-state index contributed by atoms with van der Waals surface area (Å²) in [5.74, 6) is -0.262. The third-order valence-electron chi connectivity index (χ3n) is 6.97. The highest BCUT2D eigenvalue weighted by molar-refractivity contribution is 7.92. The van der Waals surface area contributed by atoms with Crippen molar-refractivity contribution in [3.05, 3.63) is 90.0 Å². The maximum absolute atomic E-state index is 14.8. The van der Waals surface area contributed by atoms with Crippen LogP contribution in [0, 0.1) is 5.92 Å². The third-order valence-corrected chi connectivity index (χ3v) is 9.56. The zero-order valence-electron chi connectivity index (χ0n) is 21.7. The number of sulfone groups is 1. The first kappa shape index (κ1) is 28.3. The molecule has 0 spiro atoms. The lowest BCUT2D eigenvalue weighted by molar-refractivity contribution is -0.137. The van der Waals surface area contributed by atoms with E-state index < -0.39 is 20.6 Å². The van der Waals surface area contributed by atoms with Crippen molar-refractivity contribution < 1.29 is 27.8 Å². The maximum atomic E-state index is 14.8. The van der Waals surface area contributed by atoms with E-state index in [0.717, 1.165) is 19.3 Å². The van der Waals surface area contributed by atoms with Crippen molar-refractivity contribution in [3.8, 4) is 11.5 Å². The molecule has 0 saturated carbocycles. The number of hydrogen-bond acceptors (Lipinski definition) is 5. The van der Waals surface area contributed by atoms with E-state index in [1.165, 1.54) is 20.3 Å². The Morgan fingerprint density at radius 2 is 1.35 bits per heavy atom. The Bertz CT molecular complexity index is 1220. The van der Waals surface area contributed by atoms with Gasteiger partial charge in [-0.15, -0.1) is 0 Å². The van der Waals surface area contributed by atoms with Crippen LogP contribution in [0.2, 0.25) is 0 Å². The molecular formula is C30H36O6S. The van der Waals surface area contributed by atoms with Gasteiger partial charge >= 0.3 is 5.97 Å². The summed E-state index contributed by atoms with van der Waals surface area (Å²) in [7, 11) is -0.992. The number of ether oxygens (including phenoxy) is 2. The van der Waals surface area contributed by atoms with Crippen molar-refractivity contribution in [2.75, 3.05) is 14.2 Å². The average Bonchev–Trinajstić information content (AvgIpc) is 2.91. The van der Waals surface area contributed by atoms with Crippen LogP contribution in [0.25, 0.3) is 0 Å². The Kier molecular flexibility index (Phi) is 9.75. The Hall–Kier alpha value is -3.32. The summed E-state index contributed by atoms with van der Waals surface area (Å²) < 4.78 is 39.1. The minimum atomic E-state index is -4.00. The molecule has 0 heterocycles. The molecule has 0 aliphatic rings. The number of rotatable bonds is 14. The van der Waals surface area contributed by atoms with E-state index in [1.807, 2.05) is 67.6 Å².